The Hall–Kier alpha value is -0.330. The Balaban J connectivity index is 0.00000172. The van der Waals surface area contributed by atoms with Gasteiger partial charge in [-0.2, -0.15) is 0 Å². The van der Waals surface area contributed by atoms with Crippen molar-refractivity contribution < 1.29 is 56.4 Å². The summed E-state index contributed by atoms with van der Waals surface area (Å²) >= 11 is 13.3. The Kier molecular flexibility index (Phi) is 19.3. The predicted octanol–water partition coefficient (Wildman–Crippen LogP) is -1.07. The van der Waals surface area contributed by atoms with Crippen LogP contribution >= 0.6 is 73.6 Å². The fourth-order valence-electron chi connectivity index (χ4n) is 5.17. The van der Waals surface area contributed by atoms with E-state index in [2.05, 4.69) is 42.8 Å². The van der Waals surface area contributed by atoms with Crippen LogP contribution in [0.4, 0.5) is 0 Å². The van der Waals surface area contributed by atoms with Gasteiger partial charge in [-0.3, -0.25) is 4.79 Å². The molecule has 2 aliphatic heterocycles. The first-order chi connectivity index (χ1) is 31.9. The third kappa shape index (κ3) is 16.6. The lowest BCUT2D eigenvalue weighted by atomic mass is 9.83. The molecule has 1 aliphatic carbocycles. The molecular formula is C30H56B6N2O12S6. The van der Waals surface area contributed by atoms with E-state index in [1.165, 1.54) is 39.1 Å². The van der Waals surface area contributed by atoms with Crippen molar-refractivity contribution in [3.63, 3.8) is 0 Å². The molecule has 1 amide bonds. The highest BCUT2D eigenvalue weighted by Crippen LogP contribution is 2.37. The largest absolute Gasteiger partial charge is 0.624 e. The minimum Gasteiger partial charge on any atom is -0.624 e. The number of nitrogens with one attached hydrogen (secondary N) is 1. The molecule has 312 valence electrons. The van der Waals surface area contributed by atoms with Crippen molar-refractivity contribution in [1.82, 2.24) is 5.32 Å². The lowest BCUT2D eigenvalue weighted by Crippen LogP contribution is -2.67. The SMILES string of the molecule is [2H]B(C)S.[2H]B(C)S.[2H]B(C)S.[2H]B([3H])CSOc1cc(/C=C(\C)C(=O)N[C@H]2[C@@H](OSCB([2H])[3H])[C@@H]3OCO[C@@H]3[C@H](O[3H])[C@H]2O[3H])ccc1O[C@@H]1O[C@H](/C(C)=[N+](\C)[O-])[C@@H](OSCB([2H])[3H])[C@@H]1O[3H]. The smallest absolute Gasteiger partial charge is 0.247 e. The van der Waals surface area contributed by atoms with Gasteiger partial charge in [-0.25, -0.2) is 42.2 Å². The second-order valence-corrected chi connectivity index (χ2v) is 15.1. The van der Waals surface area contributed by atoms with Crippen LogP contribution in [0, 0.1) is 5.21 Å². The average Bonchev–Trinajstić information content (AvgIpc) is 3.85. The lowest BCUT2D eigenvalue weighted by Gasteiger charge is -2.43. The minimum atomic E-state index is -1.32. The number of ether oxygens (including phenoxy) is 4. The van der Waals surface area contributed by atoms with E-state index < -0.39 is 90.4 Å². The summed E-state index contributed by atoms with van der Waals surface area (Å²) in [6, 6.07) is 3.47. The van der Waals surface area contributed by atoms with E-state index in [-0.39, 0.29) is 66.1 Å². The summed E-state index contributed by atoms with van der Waals surface area (Å²) in [4.78, 5) is 13.7. The van der Waals surface area contributed by atoms with Crippen molar-refractivity contribution in [3.8, 4) is 11.5 Å². The summed E-state index contributed by atoms with van der Waals surface area (Å²) < 4.78 is 129. The zero-order valence-corrected chi connectivity index (χ0v) is 36.9. The second-order valence-electron chi connectivity index (χ2n) is 11.3. The fourth-order valence-corrected chi connectivity index (χ4v) is 6.41. The molecule has 0 bridgehead atoms. The van der Waals surface area contributed by atoms with Crippen molar-refractivity contribution in [2.24, 2.45) is 0 Å². The van der Waals surface area contributed by atoms with E-state index in [4.69, 9.17) is 63.1 Å². The molecule has 1 aromatic carbocycles. The average molecular weight is 912 g/mol. The fraction of sp³-hybridized carbons (Fsp3) is 0.667. The van der Waals surface area contributed by atoms with Crippen LogP contribution in [0.3, 0.4) is 0 Å². The number of nitrogens with zero attached hydrogens (tertiary/aromatic N) is 1. The van der Waals surface area contributed by atoms with Gasteiger partial charge in [0, 0.05) is 30.2 Å². The number of rotatable bonds is 21. The van der Waals surface area contributed by atoms with Gasteiger partial charge in [0.15, 0.2) is 42.9 Å². The van der Waals surface area contributed by atoms with Crippen molar-refractivity contribution in [2.75, 3.05) is 30.8 Å². The van der Waals surface area contributed by atoms with Gasteiger partial charge in [0.05, 0.1) is 6.04 Å². The van der Waals surface area contributed by atoms with Crippen molar-refractivity contribution in [2.45, 2.75) is 95.5 Å². The molecule has 56 heavy (non-hydrogen) atoms. The molecule has 0 radical (unpaired) electrons. The third-order valence-corrected chi connectivity index (χ3v) is 8.99. The second kappa shape index (κ2) is 29.8. The minimum absolute atomic E-state index is 0.0290. The van der Waals surface area contributed by atoms with Gasteiger partial charge in [0.2, 0.25) is 16.5 Å². The maximum absolute atomic E-state index is 13.7. The molecule has 1 aromatic rings. The van der Waals surface area contributed by atoms with Crippen LogP contribution in [-0.4, -0.2) is 183 Å². The summed E-state index contributed by atoms with van der Waals surface area (Å²) in [7, 11) is -2.36. The highest BCUT2D eigenvalue weighted by Gasteiger charge is 2.55. The van der Waals surface area contributed by atoms with Crippen LogP contribution in [0.15, 0.2) is 23.8 Å². The standard InChI is InChI=1S/C27H41B3N2O12S3.3CH5BS/c1-12(26(36)31-17-18(33)19(34)23-25(39-11-38-23)22(17)43-46-9-29)6-14-4-5-15(16(7-14)42-45-8-28)40-27-20(35)24(44-47-10-30)21(41-27)13(2)32(3)37;3*1-2-3/h4-7,17-25,27,33-35H,8-11,28-30H2,1-3H3,(H,31,36);3*2-3H,1H3/b12-6+,32-13+;;;/t17-,18+,19-,20+,21-,22-,23-,24+,25+,27-;;;/m1.../s1/i28TD,29TD,30TD,33T,34T,35T;3*2D. The van der Waals surface area contributed by atoms with Gasteiger partial charge in [0.25, 0.3) is 0 Å². The number of aliphatic hydroxyl groups is 3. The zero-order valence-electron chi connectivity index (χ0n) is 43.8. The maximum Gasteiger partial charge on any atom is 0.247 e. The van der Waals surface area contributed by atoms with E-state index in [9.17, 15) is 10.0 Å². The number of carbonyl (C=O) groups excluding carboxylic acids is 1. The van der Waals surface area contributed by atoms with Crippen molar-refractivity contribution >= 4 is 134 Å². The normalized spacial score (nSPS) is 31.1. The van der Waals surface area contributed by atoms with E-state index >= 15 is 0 Å². The number of hydrogen-bond donors (Lipinski definition) is 7. The Labute approximate surface area is 383 Å². The summed E-state index contributed by atoms with van der Waals surface area (Å²) in [6.45, 7) is 7.28. The molecule has 4 rings (SSSR count). The number of benzene rings is 1. The molecule has 14 nitrogen and oxygen atoms in total. The van der Waals surface area contributed by atoms with Crippen LogP contribution < -0.4 is 14.2 Å². The highest BCUT2D eigenvalue weighted by atomic mass is 32.2. The molecule has 2 saturated heterocycles. The summed E-state index contributed by atoms with van der Waals surface area (Å²) in [5, 5.41) is 29.7. The predicted molar refractivity (Wildman–Crippen MR) is 254 cm³/mol. The van der Waals surface area contributed by atoms with Gasteiger partial charge < -0.3 is 57.3 Å². The number of amides is 1. The first-order valence-electron chi connectivity index (χ1n) is 23.3. The number of hydrogen-bond acceptors (Lipinski definition) is 18. The molecule has 4 N–H and O–H groups in total. The molecule has 3 aliphatic rings. The van der Waals surface area contributed by atoms with Gasteiger partial charge in [-0.05, 0) is 78.1 Å². The number of fused-ring (bicyclic) bond motifs is 1. The van der Waals surface area contributed by atoms with Crippen molar-refractivity contribution in [1.29, 1.82) is 16.3 Å². The molecule has 10 atom stereocenters. The Morgan fingerprint density at radius 2 is 1.62 bits per heavy atom. The summed E-state index contributed by atoms with van der Waals surface area (Å²) in [5.74, 6) is -0.475. The molecular weight excluding hydrogens is 838 g/mol. The van der Waals surface area contributed by atoms with E-state index in [0.717, 1.165) is 36.1 Å². The Bertz CT molecular complexity index is 1660. The van der Waals surface area contributed by atoms with E-state index in [1.54, 1.807) is 26.5 Å². The Morgan fingerprint density at radius 1 is 1.04 bits per heavy atom. The molecule has 3 fully saturated rings. The number of aliphatic hydroxyl groups excluding tert-OH is 3. The van der Waals surface area contributed by atoms with E-state index in [1.807, 2.05) is 0 Å². The maximum atomic E-state index is 13.7. The lowest BCUT2D eigenvalue weighted by molar-refractivity contribution is -0.427. The van der Waals surface area contributed by atoms with Crippen LogP contribution in [0.1, 0.15) is 19.4 Å². The summed E-state index contributed by atoms with van der Waals surface area (Å²) in [6.07, 6.45) is -8.18. The van der Waals surface area contributed by atoms with E-state index in [0.29, 0.717) is 10.3 Å². The third-order valence-electron chi connectivity index (χ3n) is 7.56. The van der Waals surface area contributed by atoms with Gasteiger partial charge in [0.1, 0.15) is 79.9 Å². The first kappa shape index (κ1) is 36.3. The molecule has 1 saturated carbocycles. The van der Waals surface area contributed by atoms with Gasteiger partial charge in [-0.15, -0.1) is 0 Å². The molecule has 0 spiro atoms. The molecule has 26 heteroatoms. The monoisotopic (exact) mass is 912 g/mol. The van der Waals surface area contributed by atoms with Gasteiger partial charge >= 0.3 is 0 Å². The Morgan fingerprint density at radius 3 is 2.21 bits per heavy atom. The first-order valence-corrected chi connectivity index (χ1v) is 21.2. The zero-order chi connectivity index (χ0) is 51.8. The van der Waals surface area contributed by atoms with Crippen molar-refractivity contribution in [3.05, 3.63) is 34.5 Å². The topological polar surface area (TPSA) is 180 Å². The van der Waals surface area contributed by atoms with Crippen LogP contribution in [0.2, 0.25) is 20.5 Å². The van der Waals surface area contributed by atoms with Crippen LogP contribution in [0.25, 0.3) is 6.08 Å². The molecule has 2 heterocycles. The van der Waals surface area contributed by atoms with Crippen LogP contribution in [0.5, 0.6) is 11.5 Å². The van der Waals surface area contributed by atoms with Crippen LogP contribution in [-0.2, 0) is 27.4 Å². The number of hydroxylamine groups is 1. The highest BCUT2D eigenvalue weighted by molar-refractivity contribution is 8.07. The summed E-state index contributed by atoms with van der Waals surface area (Å²) in [5.41, 5.74) is 0.670. The molecule has 0 aromatic heterocycles. The molecule has 0 unspecified atom stereocenters. The number of carbonyl (C=O) groups is 1. The number of thiol groups is 3. The quantitative estimate of drug-likeness (QED) is 0.0116. The van der Waals surface area contributed by atoms with Gasteiger partial charge in [-0.1, -0.05) is 26.5 Å².